The first-order valence-electron chi connectivity index (χ1n) is 13.9. The van der Waals surface area contributed by atoms with E-state index in [1.54, 1.807) is 0 Å². The summed E-state index contributed by atoms with van der Waals surface area (Å²) in [4.78, 5) is 48.1. The minimum atomic E-state index is -0.257. The molecule has 0 heterocycles. The van der Waals surface area contributed by atoms with Crippen molar-refractivity contribution in [1.29, 1.82) is 0 Å². The lowest BCUT2D eigenvalue weighted by Crippen LogP contribution is -2.22. The minimum Gasteiger partial charge on any atom is -0.469 e. The number of hydrogen-bond acceptors (Lipinski definition) is 9. The van der Waals surface area contributed by atoms with Gasteiger partial charge in [0.1, 0.15) is 13.2 Å². The molecule has 4 unspecified atom stereocenters. The molecule has 0 spiro atoms. The van der Waals surface area contributed by atoms with Gasteiger partial charge < -0.3 is 23.7 Å². The van der Waals surface area contributed by atoms with E-state index in [-0.39, 0.29) is 74.0 Å². The van der Waals surface area contributed by atoms with Crippen molar-refractivity contribution in [3.8, 4) is 0 Å². The molecule has 0 aromatic rings. The Hall–Kier alpha value is -2.16. The normalized spacial score (nSPS) is 14.2. The van der Waals surface area contributed by atoms with E-state index < -0.39 is 0 Å². The van der Waals surface area contributed by atoms with Gasteiger partial charge in [0.25, 0.3) is 0 Å². The maximum absolute atomic E-state index is 12.3. The van der Waals surface area contributed by atoms with Gasteiger partial charge in [-0.1, -0.05) is 40.5 Å². The molecule has 37 heavy (non-hydrogen) atoms. The molecular weight excluding hydrogens is 480 g/mol. The molecule has 0 radical (unpaired) electrons. The van der Waals surface area contributed by atoms with Gasteiger partial charge in [0.2, 0.25) is 0 Å². The molecule has 0 amide bonds. The Balaban J connectivity index is 4.08. The van der Waals surface area contributed by atoms with Crippen LogP contribution in [0.2, 0.25) is 0 Å². The molecule has 0 aromatic carbocycles. The van der Waals surface area contributed by atoms with E-state index in [0.29, 0.717) is 38.5 Å². The lowest BCUT2D eigenvalue weighted by atomic mass is 9.94. The van der Waals surface area contributed by atoms with Gasteiger partial charge >= 0.3 is 23.9 Å². The smallest absolute Gasteiger partial charge is 0.308 e. The second-order valence-electron chi connectivity index (χ2n) is 9.28. The van der Waals surface area contributed by atoms with Crippen LogP contribution in [0.3, 0.4) is 0 Å². The maximum atomic E-state index is 12.3. The number of esters is 4. The zero-order valence-electron chi connectivity index (χ0n) is 23.9. The minimum absolute atomic E-state index is 0.131. The van der Waals surface area contributed by atoms with Gasteiger partial charge in [0.15, 0.2) is 0 Å². The van der Waals surface area contributed by atoms with Crippen LogP contribution in [0.25, 0.3) is 0 Å². The first kappa shape index (κ1) is 34.8. The number of carbonyl (C=O) groups excluding carboxylic acids is 4. The van der Waals surface area contributed by atoms with Crippen LogP contribution in [0, 0.1) is 23.7 Å². The second kappa shape index (κ2) is 21.9. The highest BCUT2D eigenvalue weighted by atomic mass is 16.6. The van der Waals surface area contributed by atoms with Crippen LogP contribution in [0.15, 0.2) is 0 Å². The lowest BCUT2D eigenvalue weighted by molar-refractivity contribution is -0.152. The third-order valence-electron chi connectivity index (χ3n) is 6.86. The summed E-state index contributed by atoms with van der Waals surface area (Å²) in [6.07, 6.45) is 7.02. The predicted molar refractivity (Wildman–Crippen MR) is 140 cm³/mol. The standard InChI is InChI=1S/C28H50O9/c1-7-21(25(29)33-5)13-11-15-23(9-3)27(31)36-19-17-35-18-20-37-28(32)24(10-4)16-12-14-22(8-2)26(30)34-6/h21-24H,7-20H2,1-6H3. The molecular formula is C28H50O9. The molecule has 0 N–H and O–H groups in total. The van der Waals surface area contributed by atoms with Crippen molar-refractivity contribution < 1.29 is 42.9 Å². The molecule has 4 atom stereocenters. The maximum Gasteiger partial charge on any atom is 0.308 e. The van der Waals surface area contributed by atoms with Crippen molar-refractivity contribution >= 4 is 23.9 Å². The molecule has 0 aliphatic heterocycles. The first-order chi connectivity index (χ1) is 17.8. The summed E-state index contributed by atoms with van der Waals surface area (Å²) in [5.41, 5.74) is 0. The third kappa shape index (κ3) is 15.0. The number of ether oxygens (including phenoxy) is 5. The van der Waals surface area contributed by atoms with Gasteiger partial charge in [-0.3, -0.25) is 19.2 Å². The fourth-order valence-corrected chi connectivity index (χ4v) is 4.25. The van der Waals surface area contributed by atoms with E-state index in [0.717, 1.165) is 25.7 Å². The Morgan fingerprint density at radius 2 is 0.784 bits per heavy atom. The van der Waals surface area contributed by atoms with Gasteiger partial charge in [-0.2, -0.15) is 0 Å². The molecule has 0 saturated heterocycles. The highest BCUT2D eigenvalue weighted by Crippen LogP contribution is 2.21. The van der Waals surface area contributed by atoms with Gasteiger partial charge in [0.05, 0.1) is 51.1 Å². The number of rotatable bonds is 22. The van der Waals surface area contributed by atoms with Gasteiger partial charge in [-0.15, -0.1) is 0 Å². The van der Waals surface area contributed by atoms with Crippen LogP contribution < -0.4 is 0 Å². The quantitative estimate of drug-likeness (QED) is 0.110. The Bertz CT molecular complexity index is 596. The van der Waals surface area contributed by atoms with E-state index in [2.05, 4.69) is 0 Å². The number of methoxy groups -OCH3 is 2. The SMILES string of the molecule is CCC(CCCC(CC)C(=O)OCCOCCOC(=O)C(CC)CCCC(CC)C(=O)OC)C(=O)OC. The van der Waals surface area contributed by atoms with Crippen molar-refractivity contribution in [2.45, 2.75) is 91.9 Å². The zero-order valence-corrected chi connectivity index (χ0v) is 23.9. The number of carbonyl (C=O) groups is 4. The fourth-order valence-electron chi connectivity index (χ4n) is 4.25. The topological polar surface area (TPSA) is 114 Å². The summed E-state index contributed by atoms with van der Waals surface area (Å²) in [5, 5.41) is 0. The predicted octanol–water partition coefficient (Wildman–Crippen LogP) is 4.88. The average molecular weight is 531 g/mol. The van der Waals surface area contributed by atoms with E-state index in [1.807, 2.05) is 27.7 Å². The Labute approximate surface area is 223 Å². The largest absolute Gasteiger partial charge is 0.469 e. The molecule has 0 aliphatic carbocycles. The zero-order chi connectivity index (χ0) is 28.1. The molecule has 0 saturated carbocycles. The van der Waals surface area contributed by atoms with Crippen LogP contribution >= 0.6 is 0 Å². The van der Waals surface area contributed by atoms with Crippen LogP contribution in [0.1, 0.15) is 91.9 Å². The van der Waals surface area contributed by atoms with Gasteiger partial charge in [0, 0.05) is 0 Å². The summed E-state index contributed by atoms with van der Waals surface area (Å²) in [5.74, 6) is -1.59. The second-order valence-corrected chi connectivity index (χ2v) is 9.28. The van der Waals surface area contributed by atoms with Crippen LogP contribution in [0.4, 0.5) is 0 Å². The average Bonchev–Trinajstić information content (AvgIpc) is 2.91. The molecule has 216 valence electrons. The Morgan fingerprint density at radius 3 is 1.05 bits per heavy atom. The van der Waals surface area contributed by atoms with E-state index in [1.165, 1.54) is 14.2 Å². The number of hydrogen-bond donors (Lipinski definition) is 0. The van der Waals surface area contributed by atoms with Crippen molar-refractivity contribution in [2.75, 3.05) is 40.6 Å². The van der Waals surface area contributed by atoms with Crippen molar-refractivity contribution in [3.05, 3.63) is 0 Å². The van der Waals surface area contributed by atoms with Gasteiger partial charge in [-0.25, -0.2) is 0 Å². The van der Waals surface area contributed by atoms with E-state index >= 15 is 0 Å². The molecule has 0 aliphatic rings. The molecule has 0 rings (SSSR count). The Kier molecular flexibility index (Phi) is 20.6. The molecule has 0 fully saturated rings. The monoisotopic (exact) mass is 530 g/mol. The van der Waals surface area contributed by atoms with E-state index in [9.17, 15) is 19.2 Å². The van der Waals surface area contributed by atoms with Crippen molar-refractivity contribution in [1.82, 2.24) is 0 Å². The summed E-state index contributed by atoms with van der Waals surface area (Å²) in [7, 11) is 2.79. The van der Waals surface area contributed by atoms with Crippen molar-refractivity contribution in [3.63, 3.8) is 0 Å². The van der Waals surface area contributed by atoms with Gasteiger partial charge in [-0.05, 0) is 51.4 Å². The molecule has 9 nitrogen and oxygen atoms in total. The van der Waals surface area contributed by atoms with E-state index in [4.69, 9.17) is 23.7 Å². The van der Waals surface area contributed by atoms with Crippen LogP contribution in [-0.2, 0) is 42.9 Å². The van der Waals surface area contributed by atoms with Crippen LogP contribution in [-0.4, -0.2) is 64.5 Å². The summed E-state index contributed by atoms with van der Waals surface area (Å²) in [6.45, 7) is 8.52. The Morgan fingerprint density at radius 1 is 0.486 bits per heavy atom. The first-order valence-corrected chi connectivity index (χ1v) is 13.9. The van der Waals surface area contributed by atoms with Crippen molar-refractivity contribution in [2.24, 2.45) is 23.7 Å². The summed E-state index contributed by atoms with van der Waals surface area (Å²) >= 11 is 0. The lowest BCUT2D eigenvalue weighted by Gasteiger charge is -2.17. The molecule has 0 aromatic heterocycles. The molecule has 0 bridgehead atoms. The third-order valence-corrected chi connectivity index (χ3v) is 6.86. The fraction of sp³-hybridized carbons (Fsp3) is 0.857. The highest BCUT2D eigenvalue weighted by Gasteiger charge is 2.22. The van der Waals surface area contributed by atoms with Crippen LogP contribution in [0.5, 0.6) is 0 Å². The summed E-state index contributed by atoms with van der Waals surface area (Å²) in [6, 6.07) is 0. The molecule has 9 heteroatoms. The summed E-state index contributed by atoms with van der Waals surface area (Å²) < 4.78 is 25.7. The highest BCUT2D eigenvalue weighted by molar-refractivity contribution is 5.73.